The maximum absolute atomic E-state index is 13.4. The Balaban J connectivity index is 2.34. The largest absolute Gasteiger partial charge is 0.354 e. The molecule has 0 aromatic heterocycles. The highest BCUT2D eigenvalue weighted by molar-refractivity contribution is 7.92. The maximum atomic E-state index is 13.4. The van der Waals surface area contributed by atoms with Gasteiger partial charge in [-0.05, 0) is 49.6 Å². The van der Waals surface area contributed by atoms with Crippen molar-refractivity contribution < 1.29 is 22.4 Å². The Morgan fingerprint density at radius 2 is 1.58 bits per heavy atom. The normalized spacial score (nSPS) is 12.3. The van der Waals surface area contributed by atoms with Crippen molar-refractivity contribution in [2.45, 2.75) is 40.3 Å². The van der Waals surface area contributed by atoms with E-state index >= 15 is 0 Å². The highest BCUT2D eigenvalue weighted by Gasteiger charge is 2.30. The molecule has 0 radical (unpaired) electrons. The zero-order chi connectivity index (χ0) is 24.8. The molecule has 0 spiro atoms. The standard InChI is InChI=1S/C24H32FN3O4S/c1-17(2)14-26-24(30)19(4)27(15-20-8-6-18(3)7-9-20)23(29)16-28(33(5,31)32)22-12-10-21(25)11-13-22/h6-13,17,19H,14-16H2,1-5H3,(H,26,30). The summed E-state index contributed by atoms with van der Waals surface area (Å²) in [5.74, 6) is -1.15. The second-order valence-corrected chi connectivity index (χ2v) is 10.5. The number of halogens is 1. The van der Waals surface area contributed by atoms with E-state index in [0.717, 1.165) is 33.8 Å². The van der Waals surface area contributed by atoms with Gasteiger partial charge >= 0.3 is 0 Å². The summed E-state index contributed by atoms with van der Waals surface area (Å²) in [6.45, 7) is 7.57. The maximum Gasteiger partial charge on any atom is 0.244 e. The van der Waals surface area contributed by atoms with Crippen molar-refractivity contribution in [2.75, 3.05) is 23.7 Å². The van der Waals surface area contributed by atoms with E-state index in [1.807, 2.05) is 45.0 Å². The quantitative estimate of drug-likeness (QED) is 0.570. The summed E-state index contributed by atoms with van der Waals surface area (Å²) in [5, 5.41) is 2.83. The minimum Gasteiger partial charge on any atom is -0.354 e. The second-order valence-electron chi connectivity index (χ2n) is 8.57. The Hall–Kier alpha value is -2.94. The minimum atomic E-state index is -3.84. The number of carbonyl (C=O) groups is 2. The van der Waals surface area contributed by atoms with Gasteiger partial charge in [0.2, 0.25) is 21.8 Å². The third-order valence-electron chi connectivity index (χ3n) is 5.12. The molecular formula is C24H32FN3O4S. The third-order valence-corrected chi connectivity index (χ3v) is 6.26. The molecule has 7 nitrogen and oxygen atoms in total. The smallest absolute Gasteiger partial charge is 0.244 e. The lowest BCUT2D eigenvalue weighted by Gasteiger charge is -2.31. The fourth-order valence-electron chi connectivity index (χ4n) is 3.15. The number of amides is 2. The lowest BCUT2D eigenvalue weighted by Crippen LogP contribution is -2.51. The first-order valence-corrected chi connectivity index (χ1v) is 12.6. The van der Waals surface area contributed by atoms with E-state index < -0.39 is 34.3 Å². The zero-order valence-electron chi connectivity index (χ0n) is 19.7. The summed E-state index contributed by atoms with van der Waals surface area (Å²) in [5.41, 5.74) is 2.03. The van der Waals surface area contributed by atoms with E-state index in [2.05, 4.69) is 5.32 Å². The Kier molecular flexibility index (Phi) is 8.99. The molecule has 2 aromatic carbocycles. The molecule has 0 saturated heterocycles. The van der Waals surface area contributed by atoms with Crippen molar-refractivity contribution in [1.82, 2.24) is 10.2 Å². The number of hydrogen-bond donors (Lipinski definition) is 1. The summed E-state index contributed by atoms with van der Waals surface area (Å²) in [6.07, 6.45) is 0.979. The predicted octanol–water partition coefficient (Wildman–Crippen LogP) is 3.09. The van der Waals surface area contributed by atoms with Gasteiger partial charge in [0.15, 0.2) is 0 Å². The van der Waals surface area contributed by atoms with Crippen LogP contribution >= 0.6 is 0 Å². The fraction of sp³-hybridized carbons (Fsp3) is 0.417. The van der Waals surface area contributed by atoms with Gasteiger partial charge in [0, 0.05) is 13.1 Å². The molecule has 1 atom stereocenters. The molecule has 0 saturated carbocycles. The van der Waals surface area contributed by atoms with Crippen molar-refractivity contribution in [3.8, 4) is 0 Å². The highest BCUT2D eigenvalue weighted by atomic mass is 32.2. The number of aryl methyl sites for hydroxylation is 1. The Morgan fingerprint density at radius 3 is 2.09 bits per heavy atom. The Bertz CT molecular complexity index is 1050. The SMILES string of the molecule is Cc1ccc(CN(C(=O)CN(c2ccc(F)cc2)S(C)(=O)=O)C(C)C(=O)NCC(C)C)cc1. The van der Waals surface area contributed by atoms with Crippen molar-refractivity contribution in [2.24, 2.45) is 5.92 Å². The molecule has 9 heteroatoms. The third kappa shape index (κ3) is 7.85. The molecule has 0 bridgehead atoms. The van der Waals surface area contributed by atoms with E-state index in [9.17, 15) is 22.4 Å². The number of hydrogen-bond acceptors (Lipinski definition) is 4. The minimum absolute atomic E-state index is 0.135. The van der Waals surface area contributed by atoms with Gasteiger partial charge in [-0.1, -0.05) is 43.7 Å². The average molecular weight is 478 g/mol. The molecule has 1 unspecified atom stereocenters. The van der Waals surface area contributed by atoms with Crippen LogP contribution in [0.1, 0.15) is 31.9 Å². The van der Waals surface area contributed by atoms with Crippen molar-refractivity contribution in [3.63, 3.8) is 0 Å². The highest BCUT2D eigenvalue weighted by Crippen LogP contribution is 2.19. The van der Waals surface area contributed by atoms with Crippen LogP contribution in [0.5, 0.6) is 0 Å². The van der Waals surface area contributed by atoms with Gasteiger partial charge in [-0.3, -0.25) is 13.9 Å². The average Bonchev–Trinajstić information content (AvgIpc) is 2.74. The van der Waals surface area contributed by atoms with Gasteiger partial charge in [-0.25, -0.2) is 12.8 Å². The van der Waals surface area contributed by atoms with Crippen LogP contribution in [0.4, 0.5) is 10.1 Å². The molecule has 0 aliphatic carbocycles. The number of anilines is 1. The Labute approximate surface area is 195 Å². The number of carbonyl (C=O) groups excluding carboxylic acids is 2. The molecular weight excluding hydrogens is 445 g/mol. The molecule has 2 amide bonds. The first kappa shape index (κ1) is 26.3. The summed E-state index contributed by atoms with van der Waals surface area (Å²) < 4.78 is 39.1. The fourth-order valence-corrected chi connectivity index (χ4v) is 4.00. The summed E-state index contributed by atoms with van der Waals surface area (Å²) in [7, 11) is -3.84. The van der Waals surface area contributed by atoms with Crippen LogP contribution in [-0.4, -0.2) is 50.5 Å². The number of benzene rings is 2. The first-order chi connectivity index (χ1) is 15.4. The van der Waals surface area contributed by atoms with E-state index in [0.29, 0.717) is 6.54 Å². The van der Waals surface area contributed by atoms with Gasteiger partial charge in [-0.2, -0.15) is 0 Å². The molecule has 180 valence electrons. The van der Waals surface area contributed by atoms with E-state index in [1.165, 1.54) is 17.0 Å². The number of nitrogens with one attached hydrogen (secondary N) is 1. The van der Waals surface area contributed by atoms with Crippen molar-refractivity contribution >= 4 is 27.5 Å². The molecule has 33 heavy (non-hydrogen) atoms. The predicted molar refractivity (Wildman–Crippen MR) is 128 cm³/mol. The number of sulfonamides is 1. The zero-order valence-corrected chi connectivity index (χ0v) is 20.5. The molecule has 2 aromatic rings. The molecule has 1 N–H and O–H groups in total. The van der Waals surface area contributed by atoms with Crippen LogP contribution in [0.25, 0.3) is 0 Å². The van der Waals surface area contributed by atoms with Gasteiger partial charge in [0.25, 0.3) is 0 Å². The molecule has 0 aliphatic heterocycles. The van der Waals surface area contributed by atoms with Gasteiger partial charge < -0.3 is 10.2 Å². The molecule has 0 fully saturated rings. The monoisotopic (exact) mass is 477 g/mol. The lowest BCUT2D eigenvalue weighted by atomic mass is 10.1. The number of rotatable bonds is 10. The molecule has 0 aliphatic rings. The molecule has 2 rings (SSSR count). The summed E-state index contributed by atoms with van der Waals surface area (Å²) in [6, 6.07) is 11.6. The van der Waals surface area contributed by atoms with E-state index in [1.54, 1.807) is 6.92 Å². The first-order valence-electron chi connectivity index (χ1n) is 10.7. The van der Waals surface area contributed by atoms with Crippen LogP contribution in [-0.2, 0) is 26.2 Å². The van der Waals surface area contributed by atoms with Crippen molar-refractivity contribution in [3.05, 3.63) is 65.5 Å². The van der Waals surface area contributed by atoms with Gasteiger partial charge in [-0.15, -0.1) is 0 Å². The van der Waals surface area contributed by atoms with Gasteiger partial charge in [0.05, 0.1) is 11.9 Å². The van der Waals surface area contributed by atoms with Crippen LogP contribution in [0, 0.1) is 18.7 Å². The molecule has 0 heterocycles. The van der Waals surface area contributed by atoms with Crippen LogP contribution < -0.4 is 9.62 Å². The Morgan fingerprint density at radius 1 is 1.00 bits per heavy atom. The van der Waals surface area contributed by atoms with Crippen LogP contribution in [0.3, 0.4) is 0 Å². The van der Waals surface area contributed by atoms with E-state index in [4.69, 9.17) is 0 Å². The van der Waals surface area contributed by atoms with Crippen molar-refractivity contribution in [1.29, 1.82) is 0 Å². The topological polar surface area (TPSA) is 86.8 Å². The number of nitrogens with zero attached hydrogens (tertiary/aromatic N) is 2. The summed E-state index contributed by atoms with van der Waals surface area (Å²) in [4.78, 5) is 27.5. The second kappa shape index (κ2) is 11.3. The van der Waals surface area contributed by atoms with Crippen LogP contribution in [0.2, 0.25) is 0 Å². The van der Waals surface area contributed by atoms with Crippen LogP contribution in [0.15, 0.2) is 48.5 Å². The van der Waals surface area contributed by atoms with Gasteiger partial charge in [0.1, 0.15) is 18.4 Å². The van der Waals surface area contributed by atoms with E-state index in [-0.39, 0.29) is 24.1 Å². The summed E-state index contributed by atoms with van der Waals surface area (Å²) >= 11 is 0. The lowest BCUT2D eigenvalue weighted by molar-refractivity contribution is -0.139.